The van der Waals surface area contributed by atoms with Crippen molar-refractivity contribution in [3.8, 4) is 0 Å². The maximum Gasteiger partial charge on any atom is 0.326 e. The van der Waals surface area contributed by atoms with Crippen LogP contribution in [0, 0.1) is 0 Å². The van der Waals surface area contributed by atoms with Crippen LogP contribution >= 0.6 is 0 Å². The van der Waals surface area contributed by atoms with E-state index in [-0.39, 0.29) is 5.78 Å². The van der Waals surface area contributed by atoms with Gasteiger partial charge in [-0.2, -0.15) is 0 Å². The van der Waals surface area contributed by atoms with E-state index in [9.17, 15) is 14.7 Å². The number of benzene rings is 1. The minimum Gasteiger partial charge on any atom is -0.480 e. The number of carbonyl (C=O) groups is 2. The van der Waals surface area contributed by atoms with Crippen molar-refractivity contribution >= 4 is 22.7 Å². The number of rotatable bonds is 8. The number of carboxylic acid groups (broad SMARTS) is 1. The predicted molar refractivity (Wildman–Crippen MR) is 87.4 cm³/mol. The van der Waals surface area contributed by atoms with E-state index in [1.807, 2.05) is 24.3 Å². The number of hydrogen-bond donors (Lipinski definition) is 1. The summed E-state index contributed by atoms with van der Waals surface area (Å²) in [6, 6.07) is 6.88. The highest BCUT2D eigenvalue weighted by Gasteiger charge is 2.23. The van der Waals surface area contributed by atoms with Crippen LogP contribution in [0.2, 0.25) is 0 Å². The maximum atomic E-state index is 11.8. The van der Waals surface area contributed by atoms with Crippen LogP contribution in [-0.2, 0) is 4.79 Å². The number of hydrogen-bond acceptors (Lipinski definition) is 2. The number of carboxylic acids is 1. The molecule has 1 unspecified atom stereocenters. The summed E-state index contributed by atoms with van der Waals surface area (Å²) >= 11 is 0. The molecule has 0 aliphatic rings. The average Bonchev–Trinajstić information content (AvgIpc) is 2.87. The molecule has 1 aromatic heterocycles. The number of para-hydroxylation sites is 1. The summed E-state index contributed by atoms with van der Waals surface area (Å²) in [4.78, 5) is 23.5. The van der Waals surface area contributed by atoms with Gasteiger partial charge in [-0.05, 0) is 19.4 Å². The minimum atomic E-state index is -0.840. The molecule has 0 fully saturated rings. The Morgan fingerprint density at radius 3 is 2.55 bits per heavy atom. The molecule has 4 nitrogen and oxygen atoms in total. The molecule has 1 heterocycles. The lowest BCUT2D eigenvalue weighted by Crippen LogP contribution is -2.18. The van der Waals surface area contributed by atoms with Gasteiger partial charge < -0.3 is 9.67 Å². The van der Waals surface area contributed by atoms with Crippen molar-refractivity contribution in [3.63, 3.8) is 0 Å². The number of nitrogens with zero attached hydrogens (tertiary/aromatic N) is 1. The molecule has 0 aliphatic heterocycles. The van der Waals surface area contributed by atoms with Gasteiger partial charge >= 0.3 is 5.97 Å². The molecule has 2 aromatic rings. The highest BCUT2D eigenvalue weighted by Crippen LogP contribution is 2.28. The Bertz CT molecular complexity index is 672. The molecule has 1 atom stereocenters. The van der Waals surface area contributed by atoms with Crippen molar-refractivity contribution in [1.29, 1.82) is 0 Å². The molecule has 0 spiro atoms. The molecule has 0 aliphatic carbocycles. The van der Waals surface area contributed by atoms with Gasteiger partial charge in [0.2, 0.25) is 0 Å². The van der Waals surface area contributed by atoms with Crippen LogP contribution in [0.25, 0.3) is 10.9 Å². The molecule has 0 saturated carbocycles. The van der Waals surface area contributed by atoms with E-state index in [0.29, 0.717) is 12.0 Å². The topological polar surface area (TPSA) is 59.3 Å². The number of Topliss-reactive ketones (excluding diaryl/α,β-unsaturated/α-hetero) is 1. The van der Waals surface area contributed by atoms with E-state index in [1.54, 1.807) is 10.8 Å². The highest BCUT2D eigenvalue weighted by molar-refractivity contribution is 6.07. The molecule has 1 N–H and O–H groups in total. The minimum absolute atomic E-state index is 0.0370. The fraction of sp³-hybridized carbons (Fsp3) is 0.444. The van der Waals surface area contributed by atoms with Gasteiger partial charge in [-0.15, -0.1) is 0 Å². The quantitative estimate of drug-likeness (QED) is 0.579. The van der Waals surface area contributed by atoms with Crippen LogP contribution in [0.5, 0.6) is 0 Å². The number of ketones is 1. The van der Waals surface area contributed by atoms with Gasteiger partial charge in [-0.25, -0.2) is 4.79 Å². The second kappa shape index (κ2) is 7.25. The molecular formula is C18H23NO3. The lowest BCUT2D eigenvalue weighted by atomic mass is 10.1. The maximum absolute atomic E-state index is 11.8. The zero-order valence-electron chi connectivity index (χ0n) is 13.2. The van der Waals surface area contributed by atoms with E-state index < -0.39 is 12.0 Å². The Morgan fingerprint density at radius 2 is 1.91 bits per heavy atom. The Balaban J connectivity index is 2.37. The molecule has 0 bridgehead atoms. The van der Waals surface area contributed by atoms with E-state index in [2.05, 4.69) is 6.92 Å². The summed E-state index contributed by atoms with van der Waals surface area (Å²) in [5.74, 6) is -0.877. The second-order valence-electron chi connectivity index (χ2n) is 5.73. The molecule has 118 valence electrons. The van der Waals surface area contributed by atoms with E-state index in [1.165, 1.54) is 6.92 Å². The predicted octanol–water partition coefficient (Wildman–Crippen LogP) is 4.44. The number of unbranched alkanes of at least 4 members (excludes halogenated alkanes) is 3. The molecule has 4 heteroatoms. The number of aliphatic carboxylic acids is 1. The Morgan fingerprint density at radius 1 is 1.18 bits per heavy atom. The fourth-order valence-electron chi connectivity index (χ4n) is 2.89. The highest BCUT2D eigenvalue weighted by atomic mass is 16.4. The average molecular weight is 301 g/mol. The smallest absolute Gasteiger partial charge is 0.326 e. The molecule has 2 rings (SSSR count). The SMILES string of the molecule is CCCCCCC(C(=O)O)n1cc(C(C)=O)c2ccccc21. The summed E-state index contributed by atoms with van der Waals surface area (Å²) in [6.07, 6.45) is 6.46. The van der Waals surface area contributed by atoms with E-state index >= 15 is 0 Å². The summed E-state index contributed by atoms with van der Waals surface area (Å²) in [5.41, 5.74) is 1.41. The number of carbonyl (C=O) groups excluding carboxylic acids is 1. The first kappa shape index (κ1) is 16.3. The molecule has 0 amide bonds. The second-order valence-corrected chi connectivity index (χ2v) is 5.73. The van der Waals surface area contributed by atoms with Crippen LogP contribution in [0.4, 0.5) is 0 Å². The van der Waals surface area contributed by atoms with Crippen molar-refractivity contribution in [1.82, 2.24) is 4.57 Å². The van der Waals surface area contributed by atoms with Crippen molar-refractivity contribution in [2.24, 2.45) is 0 Å². The van der Waals surface area contributed by atoms with E-state index in [0.717, 1.165) is 36.6 Å². The first-order valence-corrected chi connectivity index (χ1v) is 7.89. The van der Waals surface area contributed by atoms with Crippen LogP contribution in [-0.4, -0.2) is 21.4 Å². The van der Waals surface area contributed by atoms with Crippen molar-refractivity contribution in [3.05, 3.63) is 36.0 Å². The standard InChI is InChI=1S/C18H23NO3/c1-3-4-5-6-11-17(18(21)22)19-12-15(13(2)20)14-9-7-8-10-16(14)19/h7-10,12,17H,3-6,11H2,1-2H3,(H,21,22). The Kier molecular flexibility index (Phi) is 5.36. The zero-order chi connectivity index (χ0) is 16.1. The van der Waals surface area contributed by atoms with Gasteiger partial charge in [0.15, 0.2) is 5.78 Å². The van der Waals surface area contributed by atoms with Crippen molar-refractivity contribution in [2.75, 3.05) is 0 Å². The van der Waals surface area contributed by atoms with Gasteiger partial charge in [-0.1, -0.05) is 50.8 Å². The van der Waals surface area contributed by atoms with Crippen molar-refractivity contribution in [2.45, 2.75) is 52.0 Å². The molecule has 22 heavy (non-hydrogen) atoms. The third-order valence-corrected chi connectivity index (χ3v) is 4.07. The lowest BCUT2D eigenvalue weighted by molar-refractivity contribution is -0.141. The fourth-order valence-corrected chi connectivity index (χ4v) is 2.89. The Hall–Kier alpha value is -2.10. The Labute approximate surface area is 130 Å². The molecule has 1 aromatic carbocycles. The first-order chi connectivity index (χ1) is 10.6. The molecular weight excluding hydrogens is 278 g/mol. The normalized spacial score (nSPS) is 12.5. The van der Waals surface area contributed by atoms with Crippen LogP contribution in [0.1, 0.15) is 62.4 Å². The summed E-state index contributed by atoms with van der Waals surface area (Å²) in [5, 5.41) is 10.4. The first-order valence-electron chi connectivity index (χ1n) is 7.89. The van der Waals surface area contributed by atoms with Gasteiger partial charge in [0, 0.05) is 22.7 Å². The third-order valence-electron chi connectivity index (χ3n) is 4.07. The monoisotopic (exact) mass is 301 g/mol. The van der Waals surface area contributed by atoms with Crippen molar-refractivity contribution < 1.29 is 14.7 Å². The zero-order valence-corrected chi connectivity index (χ0v) is 13.2. The number of fused-ring (bicyclic) bond motifs is 1. The van der Waals surface area contributed by atoms with Crippen LogP contribution in [0.3, 0.4) is 0 Å². The van der Waals surface area contributed by atoms with Gasteiger partial charge in [0.05, 0.1) is 0 Å². The van der Waals surface area contributed by atoms with Crippen LogP contribution < -0.4 is 0 Å². The number of aromatic nitrogens is 1. The third kappa shape index (κ3) is 3.38. The summed E-state index contributed by atoms with van der Waals surface area (Å²) in [7, 11) is 0. The van der Waals surface area contributed by atoms with E-state index in [4.69, 9.17) is 0 Å². The molecule has 0 saturated heterocycles. The largest absolute Gasteiger partial charge is 0.480 e. The lowest BCUT2D eigenvalue weighted by Gasteiger charge is -2.15. The summed E-state index contributed by atoms with van der Waals surface area (Å²) in [6.45, 7) is 3.65. The van der Waals surface area contributed by atoms with Gasteiger partial charge in [0.25, 0.3) is 0 Å². The molecule has 0 radical (unpaired) electrons. The van der Waals surface area contributed by atoms with Gasteiger partial charge in [0.1, 0.15) is 6.04 Å². The summed E-state index contributed by atoms with van der Waals surface area (Å²) < 4.78 is 1.75. The van der Waals surface area contributed by atoms with Gasteiger partial charge in [-0.3, -0.25) is 4.79 Å². The van der Waals surface area contributed by atoms with Crippen LogP contribution in [0.15, 0.2) is 30.5 Å².